The van der Waals surface area contributed by atoms with Crippen molar-refractivity contribution in [2.24, 2.45) is 0 Å². The second-order valence-electron chi connectivity index (χ2n) is 11.1. The summed E-state index contributed by atoms with van der Waals surface area (Å²) in [5.41, 5.74) is 13.5. The molecule has 6 aromatic carbocycles. The normalized spacial score (nSPS) is 19.1. The van der Waals surface area contributed by atoms with E-state index in [0.29, 0.717) is 21.2 Å². The first-order valence-electron chi connectivity index (χ1n) is 14.2. The van der Waals surface area contributed by atoms with E-state index in [2.05, 4.69) is 133 Å². The van der Waals surface area contributed by atoms with Gasteiger partial charge in [0, 0.05) is 5.39 Å². The Balaban J connectivity index is 1.28. The Bertz CT molecular complexity index is 2100. The number of hydrogen-bond acceptors (Lipinski definition) is 1. The van der Waals surface area contributed by atoms with Crippen LogP contribution in [0, 0.1) is 0 Å². The SMILES string of the molecule is c1ccc(C2(c3ccc(-c4cccc5c4oc4ccccc45)cc3)c3ccccc3-c3ccc(C4C[I-]4)cc32)cc1. The van der Waals surface area contributed by atoms with Gasteiger partial charge < -0.3 is 0 Å². The van der Waals surface area contributed by atoms with Crippen molar-refractivity contribution in [3.8, 4) is 22.3 Å². The van der Waals surface area contributed by atoms with Crippen molar-refractivity contribution < 1.29 is 25.6 Å². The van der Waals surface area contributed by atoms with Crippen LogP contribution in [0.4, 0.5) is 0 Å². The van der Waals surface area contributed by atoms with Crippen LogP contribution in [0.5, 0.6) is 0 Å². The number of benzene rings is 6. The second-order valence-corrected chi connectivity index (χ2v) is 14.4. The van der Waals surface area contributed by atoms with Crippen molar-refractivity contribution in [1.82, 2.24) is 0 Å². The van der Waals surface area contributed by atoms with Gasteiger partial charge >= 0.3 is 210 Å². The van der Waals surface area contributed by atoms with Gasteiger partial charge in [0.05, 0.1) is 0 Å². The van der Waals surface area contributed by atoms with Crippen molar-refractivity contribution in [2.45, 2.75) is 9.34 Å². The predicted molar refractivity (Wildman–Crippen MR) is 164 cm³/mol. The first-order chi connectivity index (χ1) is 20.3. The van der Waals surface area contributed by atoms with E-state index in [0.717, 1.165) is 31.4 Å². The molecular formula is C39H26IO-. The molecule has 0 amide bonds. The van der Waals surface area contributed by atoms with Gasteiger partial charge in [0.25, 0.3) is 0 Å². The molecular weight excluding hydrogens is 611 g/mol. The van der Waals surface area contributed by atoms with Gasteiger partial charge in [-0.2, -0.15) is 0 Å². The van der Waals surface area contributed by atoms with Gasteiger partial charge in [0.1, 0.15) is 5.58 Å². The number of para-hydroxylation sites is 2. The first kappa shape index (κ1) is 23.5. The van der Waals surface area contributed by atoms with E-state index in [1.54, 1.807) is 0 Å². The Morgan fingerprint density at radius 2 is 1.24 bits per heavy atom. The summed E-state index contributed by atoms with van der Waals surface area (Å²) >= 11 is 0.324. The van der Waals surface area contributed by atoms with Crippen molar-refractivity contribution in [2.75, 3.05) is 4.43 Å². The van der Waals surface area contributed by atoms with E-state index in [4.69, 9.17) is 4.42 Å². The molecule has 0 N–H and O–H groups in total. The molecule has 2 heterocycles. The van der Waals surface area contributed by atoms with Crippen LogP contribution in [-0.2, 0) is 5.41 Å². The Kier molecular flexibility index (Phi) is 5.12. The number of fused-ring (bicyclic) bond motifs is 6. The van der Waals surface area contributed by atoms with Gasteiger partial charge in [0.2, 0.25) is 0 Å². The fourth-order valence-corrected chi connectivity index (χ4v) is 8.72. The number of rotatable bonds is 4. The van der Waals surface area contributed by atoms with Crippen LogP contribution in [-0.4, -0.2) is 4.43 Å². The Labute approximate surface area is 249 Å². The molecule has 41 heavy (non-hydrogen) atoms. The summed E-state index contributed by atoms with van der Waals surface area (Å²) in [5, 5.41) is 2.33. The molecule has 2 aliphatic rings. The zero-order valence-electron chi connectivity index (χ0n) is 22.3. The van der Waals surface area contributed by atoms with E-state index in [1.165, 1.54) is 48.9 Å². The van der Waals surface area contributed by atoms with Gasteiger partial charge in [-0.05, 0) is 6.07 Å². The zero-order chi connectivity index (χ0) is 27.0. The van der Waals surface area contributed by atoms with Crippen LogP contribution in [0.25, 0.3) is 44.2 Å². The van der Waals surface area contributed by atoms with Crippen LogP contribution in [0.15, 0.2) is 144 Å². The molecule has 1 fully saturated rings. The summed E-state index contributed by atoms with van der Waals surface area (Å²) in [5.74, 6) is 0. The molecule has 1 aliphatic heterocycles. The molecule has 0 spiro atoms. The third-order valence-corrected chi connectivity index (χ3v) is 11.5. The Morgan fingerprint density at radius 3 is 2.10 bits per heavy atom. The van der Waals surface area contributed by atoms with Crippen molar-refractivity contribution in [3.63, 3.8) is 0 Å². The van der Waals surface area contributed by atoms with Crippen molar-refractivity contribution in [3.05, 3.63) is 167 Å². The van der Waals surface area contributed by atoms with E-state index in [-0.39, 0.29) is 5.41 Å². The molecule has 2 heteroatoms. The molecule has 1 aromatic heterocycles. The molecule has 0 bridgehead atoms. The van der Waals surface area contributed by atoms with E-state index in [9.17, 15) is 0 Å². The van der Waals surface area contributed by atoms with Gasteiger partial charge in [-0.15, -0.1) is 0 Å². The fourth-order valence-electron chi connectivity index (χ4n) is 7.07. The standard InChI is InChI=1S/C39H26IO/c1-2-9-27(10-3-1)39(34-15-6-4-11-30(34)31-22-19-26(23-35(31)39)36-24-40-36)28-20-17-25(18-21-28)29-13-8-14-33-32-12-5-7-16-37(32)41-38(29)33/h1-23,36H,24H2/q-1. The monoisotopic (exact) mass is 637 g/mol. The molecule has 1 nitrogen and oxygen atoms in total. The average molecular weight is 638 g/mol. The van der Waals surface area contributed by atoms with Crippen LogP contribution in [0.3, 0.4) is 0 Å². The third-order valence-electron chi connectivity index (χ3n) is 8.98. The van der Waals surface area contributed by atoms with Crippen LogP contribution in [0.2, 0.25) is 0 Å². The summed E-state index contributed by atoms with van der Waals surface area (Å²) < 4.78 is 8.61. The van der Waals surface area contributed by atoms with Crippen LogP contribution in [0.1, 0.15) is 31.7 Å². The molecule has 9 rings (SSSR count). The van der Waals surface area contributed by atoms with Gasteiger partial charge in [-0.25, -0.2) is 0 Å². The quantitative estimate of drug-likeness (QED) is 0.154. The molecule has 7 aromatic rings. The number of furan rings is 1. The van der Waals surface area contributed by atoms with Crippen LogP contribution < -0.4 is 21.2 Å². The number of hydrogen-bond donors (Lipinski definition) is 0. The zero-order valence-corrected chi connectivity index (χ0v) is 24.5. The van der Waals surface area contributed by atoms with E-state index in [1.807, 2.05) is 6.07 Å². The maximum atomic E-state index is 6.39. The molecule has 0 radical (unpaired) electrons. The molecule has 1 saturated heterocycles. The molecule has 1 aliphatic carbocycles. The van der Waals surface area contributed by atoms with Gasteiger partial charge in [-0.3, -0.25) is 0 Å². The minimum absolute atomic E-state index is 0.324. The summed E-state index contributed by atoms with van der Waals surface area (Å²) in [6, 6.07) is 51.6. The molecule has 2 unspecified atom stereocenters. The summed E-state index contributed by atoms with van der Waals surface area (Å²) in [4.78, 5) is 0. The summed E-state index contributed by atoms with van der Waals surface area (Å²) in [6.07, 6.45) is 0. The fraction of sp³-hybridized carbons (Fsp3) is 0.0769. The van der Waals surface area contributed by atoms with Crippen molar-refractivity contribution in [1.29, 1.82) is 0 Å². The van der Waals surface area contributed by atoms with Gasteiger partial charge in [0.15, 0.2) is 0 Å². The average Bonchev–Trinajstić information content (AvgIpc) is 3.76. The second kappa shape index (κ2) is 8.92. The van der Waals surface area contributed by atoms with E-state index >= 15 is 0 Å². The maximum absolute atomic E-state index is 6.39. The molecule has 196 valence electrons. The topological polar surface area (TPSA) is 13.1 Å². The molecule has 0 saturated carbocycles. The number of halogens is 1. The minimum atomic E-state index is -0.361. The molecule has 2 atom stereocenters. The first-order valence-corrected chi connectivity index (χ1v) is 17.0. The van der Waals surface area contributed by atoms with Crippen LogP contribution >= 0.6 is 0 Å². The number of alkyl halides is 2. The predicted octanol–water partition coefficient (Wildman–Crippen LogP) is 6.76. The van der Waals surface area contributed by atoms with E-state index < -0.39 is 0 Å². The third kappa shape index (κ3) is 3.40. The van der Waals surface area contributed by atoms with Gasteiger partial charge in [-0.1, -0.05) is 24.3 Å². The Morgan fingerprint density at radius 1 is 0.561 bits per heavy atom. The Hall–Kier alpha value is -4.15. The summed E-state index contributed by atoms with van der Waals surface area (Å²) in [6.45, 7) is 0. The van der Waals surface area contributed by atoms with Crippen molar-refractivity contribution >= 4 is 21.9 Å². The summed E-state index contributed by atoms with van der Waals surface area (Å²) in [7, 11) is 0.